The molecule has 19 heavy (non-hydrogen) atoms. The van der Waals surface area contributed by atoms with E-state index in [9.17, 15) is 0 Å². The Kier molecular flexibility index (Phi) is 4.47. The van der Waals surface area contributed by atoms with Gasteiger partial charge >= 0.3 is 0 Å². The molecule has 0 radical (unpaired) electrons. The third-order valence-corrected chi connectivity index (χ3v) is 2.94. The quantitative estimate of drug-likeness (QED) is 0.894. The molecule has 4 nitrogen and oxygen atoms in total. The van der Waals surface area contributed by atoms with Crippen LogP contribution in [-0.2, 0) is 6.54 Å². The zero-order chi connectivity index (χ0) is 13.7. The van der Waals surface area contributed by atoms with Gasteiger partial charge in [-0.05, 0) is 26.0 Å². The minimum atomic E-state index is 0.189. The van der Waals surface area contributed by atoms with Gasteiger partial charge in [0.1, 0.15) is 5.75 Å². The molecule has 100 valence electrons. The summed E-state index contributed by atoms with van der Waals surface area (Å²) in [5, 5.41) is 3.41. The van der Waals surface area contributed by atoms with Crippen LogP contribution in [0.15, 0.2) is 36.5 Å². The maximum atomic E-state index is 5.25. The second-order valence-electron chi connectivity index (χ2n) is 4.50. The summed E-state index contributed by atoms with van der Waals surface area (Å²) >= 11 is 0. The van der Waals surface area contributed by atoms with Crippen LogP contribution in [0, 0.1) is 6.92 Å². The average molecular weight is 257 g/mol. The van der Waals surface area contributed by atoms with Crippen molar-refractivity contribution in [2.75, 3.05) is 7.11 Å². The van der Waals surface area contributed by atoms with Crippen LogP contribution in [0.25, 0.3) is 0 Å². The molecule has 0 spiro atoms. The Morgan fingerprint density at radius 1 is 1.32 bits per heavy atom. The molecular formula is C15H19N3O. The summed E-state index contributed by atoms with van der Waals surface area (Å²) < 4.78 is 5.25. The molecule has 0 aliphatic carbocycles. The normalized spacial score (nSPS) is 12.2. The SMILES string of the molecule is COc1cc(C)nc(CN[C@@H](C)c2ccccn2)c1. The summed E-state index contributed by atoms with van der Waals surface area (Å²) in [6.07, 6.45) is 1.81. The molecule has 0 fully saturated rings. The Morgan fingerprint density at radius 3 is 2.84 bits per heavy atom. The van der Waals surface area contributed by atoms with Crippen LogP contribution in [0.2, 0.25) is 0 Å². The third-order valence-electron chi connectivity index (χ3n) is 2.94. The van der Waals surface area contributed by atoms with E-state index in [0.717, 1.165) is 22.8 Å². The highest BCUT2D eigenvalue weighted by molar-refractivity contribution is 5.26. The first-order valence-corrected chi connectivity index (χ1v) is 6.35. The zero-order valence-electron chi connectivity index (χ0n) is 11.6. The van der Waals surface area contributed by atoms with Gasteiger partial charge in [-0.25, -0.2) is 0 Å². The highest BCUT2D eigenvalue weighted by Crippen LogP contribution is 2.14. The van der Waals surface area contributed by atoms with Gasteiger partial charge < -0.3 is 10.1 Å². The Bertz CT molecular complexity index is 528. The first kappa shape index (κ1) is 13.5. The lowest BCUT2D eigenvalue weighted by Gasteiger charge is -2.13. The molecule has 0 saturated heterocycles. The summed E-state index contributed by atoms with van der Waals surface area (Å²) in [7, 11) is 1.67. The van der Waals surface area contributed by atoms with Gasteiger partial charge in [-0.1, -0.05) is 6.07 Å². The fraction of sp³-hybridized carbons (Fsp3) is 0.333. The van der Waals surface area contributed by atoms with Crippen LogP contribution in [0.4, 0.5) is 0 Å². The van der Waals surface area contributed by atoms with Crippen molar-refractivity contribution in [2.24, 2.45) is 0 Å². The van der Waals surface area contributed by atoms with E-state index < -0.39 is 0 Å². The molecule has 1 atom stereocenters. The number of nitrogens with one attached hydrogen (secondary N) is 1. The Morgan fingerprint density at radius 2 is 2.16 bits per heavy atom. The van der Waals surface area contributed by atoms with Crippen molar-refractivity contribution < 1.29 is 4.74 Å². The summed E-state index contributed by atoms with van der Waals surface area (Å²) in [5.41, 5.74) is 2.96. The molecular weight excluding hydrogens is 238 g/mol. The molecule has 2 rings (SSSR count). The number of hydrogen-bond donors (Lipinski definition) is 1. The highest BCUT2D eigenvalue weighted by atomic mass is 16.5. The second kappa shape index (κ2) is 6.29. The van der Waals surface area contributed by atoms with E-state index in [1.165, 1.54) is 0 Å². The topological polar surface area (TPSA) is 47.0 Å². The standard InChI is InChI=1S/C15H19N3O/c1-11-8-14(19-3)9-13(18-11)10-17-12(2)15-6-4-5-7-16-15/h4-9,12,17H,10H2,1-3H3/t12-/m0/s1. The number of aromatic nitrogens is 2. The molecule has 2 aromatic rings. The van der Waals surface area contributed by atoms with Crippen LogP contribution in [0.3, 0.4) is 0 Å². The van der Waals surface area contributed by atoms with E-state index in [-0.39, 0.29) is 6.04 Å². The number of methoxy groups -OCH3 is 1. The minimum absolute atomic E-state index is 0.189. The van der Waals surface area contributed by atoms with Crippen LogP contribution < -0.4 is 10.1 Å². The summed E-state index contributed by atoms with van der Waals surface area (Å²) in [4.78, 5) is 8.82. The third kappa shape index (κ3) is 3.76. The molecule has 0 amide bonds. The molecule has 0 saturated carbocycles. The lowest BCUT2D eigenvalue weighted by molar-refractivity contribution is 0.412. The van der Waals surface area contributed by atoms with E-state index in [4.69, 9.17) is 4.74 Å². The Balaban J connectivity index is 2.01. The van der Waals surface area contributed by atoms with Crippen molar-refractivity contribution in [3.05, 3.63) is 53.6 Å². The van der Waals surface area contributed by atoms with Crippen LogP contribution in [0.1, 0.15) is 30.0 Å². The fourth-order valence-corrected chi connectivity index (χ4v) is 1.91. The second-order valence-corrected chi connectivity index (χ2v) is 4.50. The van der Waals surface area contributed by atoms with Crippen LogP contribution >= 0.6 is 0 Å². The maximum Gasteiger partial charge on any atom is 0.122 e. The number of ether oxygens (including phenoxy) is 1. The van der Waals surface area contributed by atoms with Gasteiger partial charge in [0.25, 0.3) is 0 Å². The number of rotatable bonds is 5. The van der Waals surface area contributed by atoms with Crippen molar-refractivity contribution in [2.45, 2.75) is 26.4 Å². The van der Waals surface area contributed by atoms with Crippen LogP contribution in [-0.4, -0.2) is 17.1 Å². The van der Waals surface area contributed by atoms with Crippen molar-refractivity contribution in [1.29, 1.82) is 0 Å². The van der Waals surface area contributed by atoms with Gasteiger partial charge in [-0.2, -0.15) is 0 Å². The minimum Gasteiger partial charge on any atom is -0.497 e. The molecule has 0 unspecified atom stereocenters. The monoisotopic (exact) mass is 257 g/mol. The van der Waals surface area contributed by atoms with Gasteiger partial charge in [0.2, 0.25) is 0 Å². The Labute approximate surface area is 113 Å². The smallest absolute Gasteiger partial charge is 0.122 e. The summed E-state index contributed by atoms with van der Waals surface area (Å²) in [6, 6.07) is 9.99. The molecule has 0 aromatic carbocycles. The Hall–Kier alpha value is -1.94. The largest absolute Gasteiger partial charge is 0.497 e. The lowest BCUT2D eigenvalue weighted by atomic mass is 10.2. The number of aryl methyl sites for hydroxylation is 1. The van der Waals surface area contributed by atoms with Crippen molar-refractivity contribution in [3.63, 3.8) is 0 Å². The number of nitrogens with zero attached hydrogens (tertiary/aromatic N) is 2. The zero-order valence-corrected chi connectivity index (χ0v) is 11.6. The predicted octanol–water partition coefficient (Wildman–Crippen LogP) is 2.64. The number of hydrogen-bond acceptors (Lipinski definition) is 4. The van der Waals surface area contributed by atoms with Gasteiger partial charge in [0.15, 0.2) is 0 Å². The van der Waals surface area contributed by atoms with E-state index in [1.54, 1.807) is 7.11 Å². The van der Waals surface area contributed by atoms with Crippen LogP contribution in [0.5, 0.6) is 5.75 Å². The van der Waals surface area contributed by atoms with Gasteiger partial charge in [-0.3, -0.25) is 9.97 Å². The molecule has 1 N–H and O–H groups in total. The lowest BCUT2D eigenvalue weighted by Crippen LogP contribution is -2.19. The molecule has 0 aliphatic heterocycles. The van der Waals surface area contributed by atoms with Gasteiger partial charge in [0.05, 0.1) is 18.5 Å². The van der Waals surface area contributed by atoms with E-state index in [1.807, 2.05) is 43.5 Å². The number of pyridine rings is 2. The predicted molar refractivity (Wildman–Crippen MR) is 75.0 cm³/mol. The average Bonchev–Trinajstić information content (AvgIpc) is 2.45. The molecule has 2 aromatic heterocycles. The van der Waals surface area contributed by atoms with Crippen molar-refractivity contribution in [3.8, 4) is 5.75 Å². The first-order chi connectivity index (χ1) is 9.19. The molecule has 2 heterocycles. The van der Waals surface area contributed by atoms with Gasteiger partial charge in [-0.15, -0.1) is 0 Å². The van der Waals surface area contributed by atoms with Gasteiger partial charge in [0, 0.05) is 36.6 Å². The van der Waals surface area contributed by atoms with E-state index in [2.05, 4.69) is 22.2 Å². The molecule has 4 heteroatoms. The van der Waals surface area contributed by atoms with E-state index in [0.29, 0.717) is 6.54 Å². The fourth-order valence-electron chi connectivity index (χ4n) is 1.91. The summed E-state index contributed by atoms with van der Waals surface area (Å²) in [5.74, 6) is 0.842. The molecule has 0 aliphatic rings. The first-order valence-electron chi connectivity index (χ1n) is 6.35. The maximum absolute atomic E-state index is 5.25. The highest BCUT2D eigenvalue weighted by Gasteiger charge is 2.07. The van der Waals surface area contributed by atoms with E-state index >= 15 is 0 Å². The summed E-state index contributed by atoms with van der Waals surface area (Å²) in [6.45, 7) is 4.75. The van der Waals surface area contributed by atoms with Crippen molar-refractivity contribution in [1.82, 2.24) is 15.3 Å². The molecule has 0 bridgehead atoms. The van der Waals surface area contributed by atoms with Crippen molar-refractivity contribution >= 4 is 0 Å².